The van der Waals surface area contributed by atoms with Gasteiger partial charge in [-0.2, -0.15) is 12.6 Å². The van der Waals surface area contributed by atoms with E-state index in [0.717, 1.165) is 17.9 Å². The Morgan fingerprint density at radius 2 is 2.11 bits per heavy atom. The second-order valence-electron chi connectivity index (χ2n) is 5.07. The van der Waals surface area contributed by atoms with Gasteiger partial charge in [0.2, 0.25) is 5.91 Å². The molecular formula is C12H19NO3S3. The fourth-order valence-electron chi connectivity index (χ4n) is 2.48. The van der Waals surface area contributed by atoms with Gasteiger partial charge in [-0.05, 0) is 17.9 Å². The number of hydrogen-bond acceptors (Lipinski definition) is 5. The van der Waals surface area contributed by atoms with Crippen molar-refractivity contribution in [2.75, 3.05) is 23.8 Å². The Hall–Kier alpha value is -0.0100. The van der Waals surface area contributed by atoms with Crippen molar-refractivity contribution in [2.45, 2.75) is 29.9 Å². The Kier molecular flexibility index (Phi) is 5.00. The average molecular weight is 321 g/mol. The first kappa shape index (κ1) is 15.4. The van der Waals surface area contributed by atoms with Gasteiger partial charge >= 0.3 is 5.97 Å². The van der Waals surface area contributed by atoms with Gasteiger partial charge in [-0.3, -0.25) is 4.79 Å². The van der Waals surface area contributed by atoms with Gasteiger partial charge in [0.25, 0.3) is 0 Å². The van der Waals surface area contributed by atoms with Crippen molar-refractivity contribution in [3.05, 3.63) is 0 Å². The second kappa shape index (κ2) is 6.18. The van der Waals surface area contributed by atoms with Gasteiger partial charge in [-0.25, -0.2) is 4.79 Å². The summed E-state index contributed by atoms with van der Waals surface area (Å²) < 4.78 is -0.104. The molecule has 7 heteroatoms. The summed E-state index contributed by atoms with van der Waals surface area (Å²) in [7, 11) is 0. The zero-order valence-corrected chi connectivity index (χ0v) is 13.4. The summed E-state index contributed by atoms with van der Waals surface area (Å²) >= 11 is 7.79. The summed E-state index contributed by atoms with van der Waals surface area (Å²) in [5.74, 6) is 1.38. The lowest BCUT2D eigenvalue weighted by Gasteiger charge is -2.32. The highest BCUT2D eigenvalue weighted by Crippen LogP contribution is 2.50. The van der Waals surface area contributed by atoms with E-state index < -0.39 is 12.0 Å². The molecule has 4 nitrogen and oxygen atoms in total. The van der Waals surface area contributed by atoms with E-state index in [1.807, 2.05) is 23.5 Å². The number of carboxylic acids is 1. The molecule has 1 N–H and O–H groups in total. The van der Waals surface area contributed by atoms with E-state index in [1.54, 1.807) is 11.8 Å². The molecule has 19 heavy (non-hydrogen) atoms. The number of amides is 1. The molecule has 2 fully saturated rings. The minimum atomic E-state index is -0.886. The molecule has 0 aromatic rings. The summed E-state index contributed by atoms with van der Waals surface area (Å²) in [6, 6.07) is -0.673. The van der Waals surface area contributed by atoms with Gasteiger partial charge in [0, 0.05) is 24.6 Å². The molecule has 1 spiro atoms. The Balaban J connectivity index is 2.16. The third kappa shape index (κ3) is 3.19. The smallest absolute Gasteiger partial charge is 0.326 e. The van der Waals surface area contributed by atoms with E-state index >= 15 is 0 Å². The number of nitrogens with zero attached hydrogens (tertiary/aromatic N) is 1. The van der Waals surface area contributed by atoms with E-state index in [2.05, 4.69) is 12.6 Å². The van der Waals surface area contributed by atoms with Gasteiger partial charge in [-0.15, -0.1) is 23.5 Å². The van der Waals surface area contributed by atoms with Crippen LogP contribution in [0.5, 0.6) is 0 Å². The molecule has 2 heterocycles. The quantitative estimate of drug-likeness (QED) is 0.776. The average Bonchev–Trinajstić information content (AvgIpc) is 2.77. The van der Waals surface area contributed by atoms with Crippen LogP contribution in [0.4, 0.5) is 0 Å². The Morgan fingerprint density at radius 1 is 1.47 bits per heavy atom. The van der Waals surface area contributed by atoms with E-state index in [0.29, 0.717) is 18.7 Å². The van der Waals surface area contributed by atoms with Crippen LogP contribution in [-0.2, 0) is 9.59 Å². The number of carboxylic acid groups (broad SMARTS) is 1. The molecule has 0 aromatic heterocycles. The number of carbonyl (C=O) groups is 2. The lowest BCUT2D eigenvalue weighted by atomic mass is 10.1. The molecule has 0 radical (unpaired) electrons. The first-order chi connectivity index (χ1) is 8.99. The van der Waals surface area contributed by atoms with Gasteiger partial charge < -0.3 is 10.0 Å². The Labute approximate surface area is 127 Å². The van der Waals surface area contributed by atoms with Crippen molar-refractivity contribution in [1.29, 1.82) is 0 Å². The molecule has 2 rings (SSSR count). The maximum absolute atomic E-state index is 12.3. The van der Waals surface area contributed by atoms with Crippen LogP contribution < -0.4 is 0 Å². The highest BCUT2D eigenvalue weighted by Gasteiger charge is 2.50. The number of hydrogen-bond donors (Lipinski definition) is 2. The summed E-state index contributed by atoms with van der Waals surface area (Å²) in [6.07, 6.45) is 1.72. The van der Waals surface area contributed by atoms with Crippen molar-refractivity contribution in [1.82, 2.24) is 4.90 Å². The monoisotopic (exact) mass is 321 g/mol. The standard InChI is InChI=1S/C12H19NO3S3/c1-8(6-17)10(14)13-7-12(5-9(13)11(15)16)18-3-2-4-19-12/h8-9,17H,2-7H2,1H3,(H,15,16)/t8-,9+/m1/s1. The number of aliphatic carboxylic acids is 1. The maximum atomic E-state index is 12.3. The highest BCUT2D eigenvalue weighted by molar-refractivity contribution is 8.18. The third-order valence-corrected chi connectivity index (χ3v) is 7.46. The molecule has 0 bridgehead atoms. The lowest BCUT2D eigenvalue weighted by molar-refractivity contribution is -0.149. The SMILES string of the molecule is C[C@H](CS)C(=O)N1CC2(C[C@H]1C(=O)O)SCCCS2. The maximum Gasteiger partial charge on any atom is 0.326 e. The number of thioether (sulfide) groups is 2. The molecule has 2 aliphatic heterocycles. The highest BCUT2D eigenvalue weighted by atomic mass is 32.2. The molecule has 0 aromatic carbocycles. The molecule has 2 aliphatic rings. The number of rotatable bonds is 3. The summed E-state index contributed by atoms with van der Waals surface area (Å²) in [6.45, 7) is 2.36. The first-order valence-electron chi connectivity index (χ1n) is 6.41. The molecule has 1 amide bonds. The molecule has 2 saturated heterocycles. The van der Waals surface area contributed by atoms with Crippen molar-refractivity contribution in [3.63, 3.8) is 0 Å². The van der Waals surface area contributed by atoms with E-state index in [4.69, 9.17) is 0 Å². The predicted octanol–water partition coefficient (Wildman–Crippen LogP) is 1.80. The Morgan fingerprint density at radius 3 is 2.63 bits per heavy atom. The van der Waals surface area contributed by atoms with Gasteiger partial charge in [-0.1, -0.05) is 6.92 Å². The largest absolute Gasteiger partial charge is 0.480 e. The summed E-state index contributed by atoms with van der Waals surface area (Å²) in [5.41, 5.74) is 0. The van der Waals surface area contributed by atoms with E-state index in [-0.39, 0.29) is 15.9 Å². The van der Waals surface area contributed by atoms with Crippen LogP contribution in [0.25, 0.3) is 0 Å². The van der Waals surface area contributed by atoms with Crippen LogP contribution >= 0.6 is 36.2 Å². The fraction of sp³-hybridized carbons (Fsp3) is 0.833. The van der Waals surface area contributed by atoms with Crippen molar-refractivity contribution in [3.8, 4) is 0 Å². The minimum Gasteiger partial charge on any atom is -0.480 e. The Bertz CT molecular complexity index is 371. The molecule has 0 saturated carbocycles. The predicted molar refractivity (Wildman–Crippen MR) is 83.0 cm³/mol. The second-order valence-corrected chi connectivity index (χ2v) is 8.65. The lowest BCUT2D eigenvalue weighted by Crippen LogP contribution is -2.43. The van der Waals surface area contributed by atoms with Crippen LogP contribution in [-0.4, -0.2) is 55.8 Å². The van der Waals surface area contributed by atoms with Crippen LogP contribution in [0.3, 0.4) is 0 Å². The van der Waals surface area contributed by atoms with Gasteiger partial charge in [0.05, 0.1) is 4.08 Å². The van der Waals surface area contributed by atoms with Crippen molar-refractivity contribution >= 4 is 48.0 Å². The van der Waals surface area contributed by atoms with Crippen LogP contribution in [0, 0.1) is 5.92 Å². The summed E-state index contributed by atoms with van der Waals surface area (Å²) in [4.78, 5) is 25.3. The molecule has 0 unspecified atom stereocenters. The number of thiol groups is 1. The summed E-state index contributed by atoms with van der Waals surface area (Å²) in [5, 5.41) is 9.37. The number of likely N-dealkylation sites (tertiary alicyclic amines) is 1. The zero-order chi connectivity index (χ0) is 14.0. The molecule has 0 aliphatic carbocycles. The fourth-order valence-corrected chi connectivity index (χ4v) is 5.98. The van der Waals surface area contributed by atoms with E-state index in [1.165, 1.54) is 0 Å². The van der Waals surface area contributed by atoms with E-state index in [9.17, 15) is 14.7 Å². The topological polar surface area (TPSA) is 57.6 Å². The van der Waals surface area contributed by atoms with Crippen molar-refractivity contribution in [2.24, 2.45) is 5.92 Å². The normalized spacial score (nSPS) is 27.5. The first-order valence-corrected chi connectivity index (χ1v) is 9.01. The molecule has 2 atom stereocenters. The third-order valence-electron chi connectivity index (χ3n) is 3.57. The zero-order valence-electron chi connectivity index (χ0n) is 10.9. The van der Waals surface area contributed by atoms with Crippen LogP contribution in [0.15, 0.2) is 0 Å². The van der Waals surface area contributed by atoms with Crippen LogP contribution in [0.2, 0.25) is 0 Å². The van der Waals surface area contributed by atoms with Gasteiger partial charge in [0.1, 0.15) is 6.04 Å². The number of carbonyl (C=O) groups excluding carboxylic acids is 1. The van der Waals surface area contributed by atoms with Gasteiger partial charge in [0.15, 0.2) is 0 Å². The van der Waals surface area contributed by atoms with Crippen LogP contribution in [0.1, 0.15) is 19.8 Å². The minimum absolute atomic E-state index is 0.0777. The molecular weight excluding hydrogens is 302 g/mol. The van der Waals surface area contributed by atoms with Crippen molar-refractivity contribution < 1.29 is 14.7 Å². The molecule has 108 valence electrons.